The van der Waals surface area contributed by atoms with Crippen LogP contribution in [-0.4, -0.2) is 57.3 Å². The Morgan fingerprint density at radius 3 is 3.12 bits per heavy atom. The van der Waals surface area contributed by atoms with Gasteiger partial charge in [-0.1, -0.05) is 0 Å². The van der Waals surface area contributed by atoms with Crippen molar-refractivity contribution in [1.82, 2.24) is 25.1 Å². The van der Waals surface area contributed by atoms with Gasteiger partial charge in [0.2, 0.25) is 5.91 Å². The highest BCUT2D eigenvalue weighted by molar-refractivity contribution is 5.77. The van der Waals surface area contributed by atoms with Crippen molar-refractivity contribution in [3.63, 3.8) is 0 Å². The number of rotatable bonds is 4. The molecule has 1 atom stereocenters. The van der Waals surface area contributed by atoms with E-state index in [2.05, 4.69) is 20.2 Å². The fourth-order valence-electron chi connectivity index (χ4n) is 3.55. The molecule has 2 aromatic heterocycles. The normalized spacial score (nSPS) is 24.0. The van der Waals surface area contributed by atoms with E-state index in [1.807, 2.05) is 17.0 Å². The van der Waals surface area contributed by atoms with Gasteiger partial charge in [-0.25, -0.2) is 4.98 Å². The molecule has 1 amide bonds. The van der Waals surface area contributed by atoms with Crippen molar-refractivity contribution in [3.8, 4) is 11.4 Å². The topological polar surface area (TPSA) is 84.0 Å². The van der Waals surface area contributed by atoms with Crippen molar-refractivity contribution in [2.75, 3.05) is 26.3 Å². The maximum absolute atomic E-state index is 12.2. The van der Waals surface area contributed by atoms with Gasteiger partial charge in [-0.3, -0.25) is 14.9 Å². The van der Waals surface area contributed by atoms with Crippen LogP contribution in [0.3, 0.4) is 0 Å². The first-order valence-electron chi connectivity index (χ1n) is 8.41. The van der Waals surface area contributed by atoms with E-state index in [0.29, 0.717) is 25.2 Å². The molecule has 1 N–H and O–H groups in total. The lowest BCUT2D eigenvalue weighted by molar-refractivity contribution is -0.137. The molecule has 126 valence electrons. The minimum Gasteiger partial charge on any atom is -0.381 e. The lowest BCUT2D eigenvalue weighted by atomic mass is 9.79. The van der Waals surface area contributed by atoms with E-state index in [9.17, 15) is 4.79 Å². The number of hydrogen-bond acceptors (Lipinski definition) is 5. The average molecular weight is 327 g/mol. The summed E-state index contributed by atoms with van der Waals surface area (Å²) < 4.78 is 5.56. The fraction of sp³-hybridized carbons (Fsp3) is 0.529. The minimum absolute atomic E-state index is 0.177. The summed E-state index contributed by atoms with van der Waals surface area (Å²) in [5, 5.41) is 7.21. The van der Waals surface area contributed by atoms with Crippen LogP contribution in [0.15, 0.2) is 24.5 Å². The van der Waals surface area contributed by atoms with Gasteiger partial charge in [0.05, 0.1) is 6.61 Å². The highest BCUT2D eigenvalue weighted by Gasteiger charge is 2.41. The molecule has 24 heavy (non-hydrogen) atoms. The number of nitrogens with one attached hydrogen (secondary N) is 1. The molecule has 0 unspecified atom stereocenters. The van der Waals surface area contributed by atoms with Crippen molar-refractivity contribution in [2.24, 2.45) is 5.41 Å². The third-order valence-corrected chi connectivity index (χ3v) is 5.00. The van der Waals surface area contributed by atoms with Gasteiger partial charge < -0.3 is 9.64 Å². The van der Waals surface area contributed by atoms with Gasteiger partial charge in [0.25, 0.3) is 0 Å². The zero-order chi connectivity index (χ0) is 16.4. The maximum atomic E-state index is 12.2. The van der Waals surface area contributed by atoms with Crippen LogP contribution in [-0.2, 0) is 16.0 Å². The Kier molecular flexibility index (Phi) is 4.02. The number of carbonyl (C=O) groups is 1. The fourth-order valence-corrected chi connectivity index (χ4v) is 3.55. The molecule has 0 aromatic carbocycles. The van der Waals surface area contributed by atoms with Crippen LogP contribution in [0.2, 0.25) is 0 Å². The third-order valence-electron chi connectivity index (χ3n) is 5.00. The zero-order valence-electron chi connectivity index (χ0n) is 13.6. The second-order valence-electron chi connectivity index (χ2n) is 6.72. The quantitative estimate of drug-likeness (QED) is 0.918. The number of aromatic nitrogens is 4. The van der Waals surface area contributed by atoms with Crippen molar-refractivity contribution in [1.29, 1.82) is 0 Å². The van der Waals surface area contributed by atoms with E-state index in [-0.39, 0.29) is 11.3 Å². The van der Waals surface area contributed by atoms with Crippen LogP contribution in [0.5, 0.6) is 0 Å². The molecule has 4 rings (SSSR count). The van der Waals surface area contributed by atoms with Crippen LogP contribution in [0.1, 0.15) is 25.1 Å². The predicted molar refractivity (Wildman–Crippen MR) is 87.0 cm³/mol. The summed E-state index contributed by atoms with van der Waals surface area (Å²) in [6.45, 7) is 3.07. The van der Waals surface area contributed by atoms with E-state index in [1.165, 1.54) is 0 Å². The first-order valence-corrected chi connectivity index (χ1v) is 8.41. The zero-order valence-corrected chi connectivity index (χ0v) is 13.6. The van der Waals surface area contributed by atoms with Crippen LogP contribution in [0.4, 0.5) is 0 Å². The van der Waals surface area contributed by atoms with Crippen LogP contribution < -0.4 is 0 Å². The summed E-state index contributed by atoms with van der Waals surface area (Å²) >= 11 is 0. The summed E-state index contributed by atoms with van der Waals surface area (Å²) in [6, 6.07) is 3.79. The molecule has 2 aromatic rings. The molecule has 2 aliphatic heterocycles. The average Bonchev–Trinajstić information content (AvgIpc) is 3.27. The summed E-state index contributed by atoms with van der Waals surface area (Å²) in [5.74, 6) is 1.67. The molecule has 1 spiro atoms. The highest BCUT2D eigenvalue weighted by Crippen LogP contribution is 2.38. The standard InChI is InChI=1S/C17H21N5O2/c23-15-3-5-17(6-9-24-12-17)11-22(15)8-4-14-19-16(21-20-14)13-2-1-7-18-10-13/h1-2,7,10H,3-6,8-9,11-12H2,(H,19,20,21)/t17-/m1/s1. The van der Waals surface area contributed by atoms with Gasteiger partial charge in [-0.15, -0.1) is 0 Å². The largest absolute Gasteiger partial charge is 0.381 e. The number of pyridine rings is 1. The second kappa shape index (κ2) is 6.32. The van der Waals surface area contributed by atoms with Crippen molar-refractivity contribution in [3.05, 3.63) is 30.4 Å². The number of carbonyl (C=O) groups excluding carboxylic acids is 1. The number of likely N-dealkylation sites (tertiary alicyclic amines) is 1. The van der Waals surface area contributed by atoms with Crippen LogP contribution in [0.25, 0.3) is 11.4 Å². The van der Waals surface area contributed by atoms with Gasteiger partial charge in [0, 0.05) is 55.9 Å². The molecule has 2 saturated heterocycles. The molecule has 0 bridgehead atoms. The van der Waals surface area contributed by atoms with Gasteiger partial charge in [-0.2, -0.15) is 5.10 Å². The molecule has 7 nitrogen and oxygen atoms in total. The molecule has 0 aliphatic carbocycles. The Hall–Kier alpha value is -2.28. The first-order chi connectivity index (χ1) is 11.7. The van der Waals surface area contributed by atoms with Gasteiger partial charge in [0.1, 0.15) is 5.82 Å². The maximum Gasteiger partial charge on any atom is 0.222 e. The monoisotopic (exact) mass is 327 g/mol. The third kappa shape index (κ3) is 3.03. The molecular formula is C17H21N5O2. The molecule has 0 saturated carbocycles. The molecule has 0 radical (unpaired) electrons. The van der Waals surface area contributed by atoms with Crippen molar-refractivity contribution >= 4 is 5.91 Å². The van der Waals surface area contributed by atoms with E-state index < -0.39 is 0 Å². The summed E-state index contributed by atoms with van der Waals surface area (Å²) in [5.41, 5.74) is 1.06. The smallest absolute Gasteiger partial charge is 0.222 e. The number of aromatic amines is 1. The van der Waals surface area contributed by atoms with Gasteiger partial charge in [0.15, 0.2) is 5.82 Å². The second-order valence-corrected chi connectivity index (χ2v) is 6.72. The van der Waals surface area contributed by atoms with Gasteiger partial charge >= 0.3 is 0 Å². The number of hydrogen-bond donors (Lipinski definition) is 1. The van der Waals surface area contributed by atoms with E-state index in [0.717, 1.165) is 44.0 Å². The molecule has 2 aliphatic rings. The Morgan fingerprint density at radius 2 is 2.33 bits per heavy atom. The molecular weight excluding hydrogens is 306 g/mol. The van der Waals surface area contributed by atoms with E-state index in [4.69, 9.17) is 4.74 Å². The minimum atomic E-state index is 0.177. The van der Waals surface area contributed by atoms with Crippen LogP contribution in [0, 0.1) is 5.41 Å². The molecule has 4 heterocycles. The summed E-state index contributed by atoms with van der Waals surface area (Å²) in [6.07, 6.45) is 6.78. The summed E-state index contributed by atoms with van der Waals surface area (Å²) in [7, 11) is 0. The SMILES string of the molecule is O=C1CC[C@@]2(CCOC2)CN1CCc1nc(-c2cccnc2)n[nH]1. The Bertz CT molecular complexity index is 709. The van der Waals surface area contributed by atoms with E-state index in [1.54, 1.807) is 12.4 Å². The lowest BCUT2D eigenvalue weighted by Gasteiger charge is -2.39. The number of nitrogens with zero attached hydrogens (tertiary/aromatic N) is 4. The van der Waals surface area contributed by atoms with E-state index >= 15 is 0 Å². The Balaban J connectivity index is 1.39. The Morgan fingerprint density at radius 1 is 1.38 bits per heavy atom. The number of ether oxygens (including phenoxy) is 1. The predicted octanol–water partition coefficient (Wildman–Crippen LogP) is 1.44. The summed E-state index contributed by atoms with van der Waals surface area (Å²) in [4.78, 5) is 22.8. The number of H-pyrrole nitrogens is 1. The first kappa shape index (κ1) is 15.3. The van der Waals surface area contributed by atoms with Gasteiger partial charge in [-0.05, 0) is 25.0 Å². The molecule has 7 heteroatoms. The molecule has 2 fully saturated rings. The number of piperidine rings is 1. The highest BCUT2D eigenvalue weighted by atomic mass is 16.5. The Labute approximate surface area is 140 Å². The van der Waals surface area contributed by atoms with Crippen molar-refractivity contribution in [2.45, 2.75) is 25.7 Å². The number of amides is 1. The van der Waals surface area contributed by atoms with Crippen LogP contribution >= 0.6 is 0 Å². The van der Waals surface area contributed by atoms with Crippen molar-refractivity contribution < 1.29 is 9.53 Å². The lowest BCUT2D eigenvalue weighted by Crippen LogP contribution is -2.47.